The number of rotatable bonds is 17. The van der Waals surface area contributed by atoms with Gasteiger partial charge in [0.2, 0.25) is 5.91 Å². The lowest BCUT2D eigenvalue weighted by atomic mass is 9.88. The molecule has 0 spiro atoms. The van der Waals surface area contributed by atoms with Gasteiger partial charge in [0.1, 0.15) is 5.60 Å². The second-order valence-electron chi connectivity index (χ2n) is 11.5. The second kappa shape index (κ2) is 18.1. The number of hydrogen-bond acceptors (Lipinski definition) is 3. The minimum absolute atomic E-state index is 0.00500. The van der Waals surface area contributed by atoms with Gasteiger partial charge in [0.05, 0.1) is 6.04 Å². The van der Waals surface area contributed by atoms with E-state index in [1.165, 1.54) is 64.2 Å². The minimum Gasteiger partial charge on any atom is -0.444 e. The summed E-state index contributed by atoms with van der Waals surface area (Å²) >= 11 is 0. The second-order valence-corrected chi connectivity index (χ2v) is 11.5. The highest BCUT2D eigenvalue weighted by Gasteiger charge is 2.31. The van der Waals surface area contributed by atoms with Crippen molar-refractivity contribution in [3.8, 4) is 0 Å². The standard InChI is InChI=1S/C29H56N2O3/c1-6-8-10-12-13-15-17-21-24(20-16-14-11-9-7-2)27(32)30-25-22-18-19-23-26(25)31-28(33)34-29(3,4)5/h24-26H,6-23H2,1-5H3,(H,30,32)(H,31,33)/t24?,25-,26-/m1/s1. The molecule has 0 aromatic carbocycles. The number of nitrogens with one attached hydrogen (secondary N) is 2. The molecule has 1 aliphatic rings. The maximum Gasteiger partial charge on any atom is 0.407 e. The van der Waals surface area contributed by atoms with E-state index in [4.69, 9.17) is 4.74 Å². The number of unbranched alkanes of at least 4 members (excludes halogenated alkanes) is 10. The monoisotopic (exact) mass is 480 g/mol. The first kappa shape index (κ1) is 30.8. The number of ether oxygens (including phenoxy) is 1. The van der Waals surface area contributed by atoms with Crippen molar-refractivity contribution in [3.63, 3.8) is 0 Å². The molecule has 0 bridgehead atoms. The van der Waals surface area contributed by atoms with Crippen LogP contribution in [0.15, 0.2) is 0 Å². The van der Waals surface area contributed by atoms with E-state index in [0.29, 0.717) is 0 Å². The molecule has 5 nitrogen and oxygen atoms in total. The van der Waals surface area contributed by atoms with Crippen LogP contribution < -0.4 is 10.6 Å². The Balaban J connectivity index is 2.59. The fourth-order valence-corrected chi connectivity index (χ4v) is 4.98. The van der Waals surface area contributed by atoms with Crippen molar-refractivity contribution in [2.45, 2.75) is 168 Å². The van der Waals surface area contributed by atoms with E-state index >= 15 is 0 Å². The topological polar surface area (TPSA) is 67.4 Å². The smallest absolute Gasteiger partial charge is 0.407 e. The number of carbonyl (C=O) groups excluding carboxylic acids is 2. The van der Waals surface area contributed by atoms with E-state index in [0.717, 1.165) is 51.4 Å². The lowest BCUT2D eigenvalue weighted by Crippen LogP contribution is -2.54. The molecule has 0 aromatic heterocycles. The first-order valence-corrected chi connectivity index (χ1v) is 14.6. The minimum atomic E-state index is -0.517. The summed E-state index contributed by atoms with van der Waals surface area (Å²) in [5.41, 5.74) is -0.517. The molecule has 1 saturated carbocycles. The van der Waals surface area contributed by atoms with Gasteiger partial charge in [-0.2, -0.15) is 0 Å². The van der Waals surface area contributed by atoms with E-state index in [9.17, 15) is 9.59 Å². The zero-order valence-corrected chi connectivity index (χ0v) is 23.2. The van der Waals surface area contributed by atoms with Crippen molar-refractivity contribution in [3.05, 3.63) is 0 Å². The van der Waals surface area contributed by atoms with E-state index < -0.39 is 5.60 Å². The van der Waals surface area contributed by atoms with Crippen LogP contribution in [0.5, 0.6) is 0 Å². The molecule has 1 unspecified atom stereocenters. The van der Waals surface area contributed by atoms with Crippen LogP contribution in [0.25, 0.3) is 0 Å². The Morgan fingerprint density at radius 3 is 1.65 bits per heavy atom. The van der Waals surface area contributed by atoms with Crippen LogP contribution in [0, 0.1) is 5.92 Å². The Morgan fingerprint density at radius 2 is 1.18 bits per heavy atom. The Bertz CT molecular complexity index is 544. The molecule has 0 heterocycles. The third-order valence-corrected chi connectivity index (χ3v) is 6.98. The molecular formula is C29H56N2O3. The molecule has 5 heteroatoms. The molecule has 34 heavy (non-hydrogen) atoms. The van der Waals surface area contributed by atoms with Crippen molar-refractivity contribution < 1.29 is 14.3 Å². The highest BCUT2D eigenvalue weighted by atomic mass is 16.6. The summed E-state index contributed by atoms with van der Waals surface area (Å²) in [6.45, 7) is 10.1. The molecule has 1 rings (SSSR count). The summed E-state index contributed by atoms with van der Waals surface area (Å²) in [5, 5.41) is 6.39. The number of alkyl carbamates (subject to hydrolysis) is 1. The van der Waals surface area contributed by atoms with Crippen LogP contribution >= 0.6 is 0 Å². The fraction of sp³-hybridized carbons (Fsp3) is 0.931. The Kier molecular flexibility index (Phi) is 16.4. The molecule has 2 N–H and O–H groups in total. The average Bonchev–Trinajstić information content (AvgIpc) is 2.76. The van der Waals surface area contributed by atoms with Crippen molar-refractivity contribution >= 4 is 12.0 Å². The van der Waals surface area contributed by atoms with Gasteiger partial charge >= 0.3 is 6.09 Å². The lowest BCUT2D eigenvalue weighted by Gasteiger charge is -2.34. The number of carbonyl (C=O) groups is 2. The summed E-state index contributed by atoms with van der Waals surface area (Å²) in [6, 6.07) is -0.0401. The third-order valence-electron chi connectivity index (χ3n) is 6.98. The molecule has 200 valence electrons. The summed E-state index contributed by atoms with van der Waals surface area (Å²) in [4.78, 5) is 25.7. The molecule has 0 aromatic rings. The quantitative estimate of drug-likeness (QED) is 0.207. The van der Waals surface area contributed by atoms with Gasteiger partial charge in [0.15, 0.2) is 0 Å². The summed E-state index contributed by atoms with van der Waals surface area (Å²) < 4.78 is 5.46. The molecule has 3 atom stereocenters. The van der Waals surface area contributed by atoms with Crippen molar-refractivity contribution in [2.75, 3.05) is 0 Å². The molecule has 1 aliphatic carbocycles. The molecule has 0 saturated heterocycles. The van der Waals surface area contributed by atoms with Crippen LogP contribution in [0.3, 0.4) is 0 Å². The van der Waals surface area contributed by atoms with Crippen LogP contribution in [0.4, 0.5) is 4.79 Å². The van der Waals surface area contributed by atoms with E-state index in [1.807, 2.05) is 20.8 Å². The predicted octanol–water partition coefficient (Wildman–Crippen LogP) is 8.06. The van der Waals surface area contributed by atoms with Gasteiger partial charge < -0.3 is 15.4 Å². The van der Waals surface area contributed by atoms with Crippen LogP contribution in [-0.2, 0) is 9.53 Å². The van der Waals surface area contributed by atoms with E-state index in [1.54, 1.807) is 0 Å². The van der Waals surface area contributed by atoms with Gasteiger partial charge in [-0.3, -0.25) is 4.79 Å². The first-order chi connectivity index (χ1) is 16.3. The van der Waals surface area contributed by atoms with Crippen LogP contribution in [0.2, 0.25) is 0 Å². The van der Waals surface area contributed by atoms with Gasteiger partial charge in [-0.25, -0.2) is 4.79 Å². The normalized spacial score (nSPS) is 19.4. The summed E-state index contributed by atoms with van der Waals surface area (Å²) in [7, 11) is 0. The summed E-state index contributed by atoms with van der Waals surface area (Å²) in [5.74, 6) is 0.297. The highest BCUT2D eigenvalue weighted by molar-refractivity contribution is 5.79. The number of hydrogen-bond donors (Lipinski definition) is 2. The van der Waals surface area contributed by atoms with Gasteiger partial charge in [-0.05, 0) is 46.5 Å². The largest absolute Gasteiger partial charge is 0.444 e. The fourth-order valence-electron chi connectivity index (χ4n) is 4.98. The van der Waals surface area contributed by atoms with Crippen molar-refractivity contribution in [1.82, 2.24) is 10.6 Å². The van der Waals surface area contributed by atoms with E-state index in [-0.39, 0.29) is 30.0 Å². The first-order valence-electron chi connectivity index (χ1n) is 14.6. The zero-order chi connectivity index (χ0) is 25.2. The van der Waals surface area contributed by atoms with Crippen LogP contribution in [-0.4, -0.2) is 29.7 Å². The highest BCUT2D eigenvalue weighted by Crippen LogP contribution is 2.23. The molecular weight excluding hydrogens is 424 g/mol. The lowest BCUT2D eigenvalue weighted by molar-refractivity contribution is -0.126. The van der Waals surface area contributed by atoms with E-state index in [2.05, 4.69) is 24.5 Å². The average molecular weight is 481 g/mol. The molecule has 1 fully saturated rings. The SMILES string of the molecule is CCCCCCCCCC(CCCCCCC)C(=O)N[C@@H]1CCCC[C@H]1NC(=O)OC(C)(C)C. The Labute approximate surface area is 210 Å². The molecule has 2 amide bonds. The van der Waals surface area contributed by atoms with Gasteiger partial charge in [0.25, 0.3) is 0 Å². The summed E-state index contributed by atoms with van der Waals surface area (Å²) in [6.07, 6.45) is 20.7. The molecule has 0 aliphatic heterocycles. The molecule has 0 radical (unpaired) electrons. The number of amides is 2. The van der Waals surface area contributed by atoms with Gasteiger partial charge in [-0.15, -0.1) is 0 Å². The third kappa shape index (κ3) is 14.9. The maximum absolute atomic E-state index is 13.3. The Morgan fingerprint density at radius 1 is 0.735 bits per heavy atom. The predicted molar refractivity (Wildman–Crippen MR) is 143 cm³/mol. The van der Waals surface area contributed by atoms with Gasteiger partial charge in [0, 0.05) is 12.0 Å². The maximum atomic E-state index is 13.3. The van der Waals surface area contributed by atoms with Crippen molar-refractivity contribution in [1.29, 1.82) is 0 Å². The van der Waals surface area contributed by atoms with Crippen molar-refractivity contribution in [2.24, 2.45) is 5.92 Å². The van der Waals surface area contributed by atoms with Gasteiger partial charge in [-0.1, -0.05) is 104 Å². The zero-order valence-electron chi connectivity index (χ0n) is 23.2. The Hall–Kier alpha value is -1.26. The van der Waals surface area contributed by atoms with Crippen LogP contribution in [0.1, 0.15) is 150 Å².